The van der Waals surface area contributed by atoms with Crippen LogP contribution in [0, 0.1) is 27.7 Å². The molecular formula is C23H28N6O2S. The highest BCUT2D eigenvalue weighted by Gasteiger charge is 2.30. The number of hydrogen-bond donors (Lipinski definition) is 1. The van der Waals surface area contributed by atoms with E-state index < -0.39 is 10.0 Å². The van der Waals surface area contributed by atoms with Gasteiger partial charge < -0.3 is 10.2 Å². The Bertz CT molecular complexity index is 1240. The number of aromatic nitrogens is 3. The van der Waals surface area contributed by atoms with Crippen LogP contribution in [0.25, 0.3) is 0 Å². The molecule has 0 spiro atoms. The number of pyridine rings is 1. The zero-order valence-corrected chi connectivity index (χ0v) is 19.6. The van der Waals surface area contributed by atoms with Crippen molar-refractivity contribution in [2.75, 3.05) is 36.4 Å². The Labute approximate surface area is 189 Å². The summed E-state index contributed by atoms with van der Waals surface area (Å²) in [7, 11) is -3.52. The summed E-state index contributed by atoms with van der Waals surface area (Å²) in [6, 6.07) is 11.2. The van der Waals surface area contributed by atoms with E-state index in [2.05, 4.69) is 25.2 Å². The normalized spacial score (nSPS) is 15.1. The van der Waals surface area contributed by atoms with E-state index in [-0.39, 0.29) is 0 Å². The van der Waals surface area contributed by atoms with Crippen LogP contribution < -0.4 is 10.2 Å². The van der Waals surface area contributed by atoms with Gasteiger partial charge in [0.1, 0.15) is 23.3 Å². The van der Waals surface area contributed by atoms with Gasteiger partial charge in [0.05, 0.1) is 4.90 Å². The topological polar surface area (TPSA) is 91.3 Å². The van der Waals surface area contributed by atoms with Crippen molar-refractivity contribution < 1.29 is 8.42 Å². The minimum absolute atomic E-state index is 0.381. The number of rotatable bonds is 5. The second-order valence-electron chi connectivity index (χ2n) is 8.16. The number of sulfonamides is 1. The van der Waals surface area contributed by atoms with Crippen molar-refractivity contribution in [2.24, 2.45) is 0 Å². The third-order valence-corrected chi connectivity index (χ3v) is 7.57. The van der Waals surface area contributed by atoms with E-state index in [1.807, 2.05) is 58.0 Å². The van der Waals surface area contributed by atoms with Gasteiger partial charge in [0.15, 0.2) is 0 Å². The fraction of sp³-hybridized carbons (Fsp3) is 0.348. The van der Waals surface area contributed by atoms with Crippen molar-refractivity contribution in [3.05, 3.63) is 65.1 Å². The molecule has 1 aromatic carbocycles. The number of hydrogen-bond acceptors (Lipinski definition) is 7. The van der Waals surface area contributed by atoms with Crippen molar-refractivity contribution in [3.8, 4) is 0 Å². The van der Waals surface area contributed by atoms with Gasteiger partial charge in [0.25, 0.3) is 0 Å². The molecule has 3 heterocycles. The average molecular weight is 453 g/mol. The number of piperazine rings is 1. The molecule has 8 nitrogen and oxygen atoms in total. The SMILES string of the molecule is Cc1ccnc(Nc2cc(N3CCN(S(=O)(=O)c4ccc(C)cc4C)CC3)nc(C)n2)c1. The van der Waals surface area contributed by atoms with E-state index in [1.165, 1.54) is 0 Å². The highest BCUT2D eigenvalue weighted by molar-refractivity contribution is 7.89. The van der Waals surface area contributed by atoms with Crippen LogP contribution in [0.2, 0.25) is 0 Å². The standard InChI is InChI=1S/C23H28N6O2S/c1-16-5-6-20(18(3)13-16)32(30,31)29-11-9-28(10-12-29)23-15-22(25-19(4)26-23)27-21-14-17(2)7-8-24-21/h5-8,13-15H,9-12H2,1-4H3,(H,24,25,26,27). The smallest absolute Gasteiger partial charge is 0.243 e. The third-order valence-electron chi connectivity index (χ3n) is 5.51. The van der Waals surface area contributed by atoms with E-state index in [4.69, 9.17) is 0 Å². The predicted molar refractivity (Wildman–Crippen MR) is 126 cm³/mol. The molecule has 1 fully saturated rings. The number of benzene rings is 1. The van der Waals surface area contributed by atoms with Gasteiger partial charge in [-0.05, 0) is 57.0 Å². The molecule has 1 aliphatic rings. The van der Waals surface area contributed by atoms with Gasteiger partial charge in [-0.2, -0.15) is 4.31 Å². The maximum absolute atomic E-state index is 13.2. The van der Waals surface area contributed by atoms with Gasteiger partial charge in [-0.25, -0.2) is 23.4 Å². The Kier molecular flexibility index (Phi) is 6.12. The monoisotopic (exact) mass is 452 g/mol. The maximum atomic E-state index is 13.2. The molecule has 9 heteroatoms. The molecule has 0 unspecified atom stereocenters. The van der Waals surface area contributed by atoms with Crippen molar-refractivity contribution >= 4 is 27.5 Å². The van der Waals surface area contributed by atoms with Crippen LogP contribution >= 0.6 is 0 Å². The first-order chi connectivity index (χ1) is 15.2. The van der Waals surface area contributed by atoms with E-state index in [0.717, 1.165) is 28.3 Å². The molecule has 0 amide bonds. The fourth-order valence-electron chi connectivity index (χ4n) is 3.90. The zero-order valence-electron chi connectivity index (χ0n) is 18.8. The van der Waals surface area contributed by atoms with Crippen molar-refractivity contribution in [1.29, 1.82) is 0 Å². The molecule has 0 atom stereocenters. The van der Waals surface area contributed by atoms with Crippen LogP contribution in [-0.4, -0.2) is 53.9 Å². The first kappa shape index (κ1) is 22.2. The lowest BCUT2D eigenvalue weighted by Crippen LogP contribution is -2.49. The number of nitrogens with one attached hydrogen (secondary N) is 1. The lowest BCUT2D eigenvalue weighted by molar-refractivity contribution is 0.383. The molecule has 0 saturated carbocycles. The maximum Gasteiger partial charge on any atom is 0.243 e. The molecule has 4 rings (SSSR count). The summed E-state index contributed by atoms with van der Waals surface area (Å²) >= 11 is 0. The van der Waals surface area contributed by atoms with Crippen LogP contribution in [0.15, 0.2) is 47.5 Å². The van der Waals surface area contributed by atoms with Gasteiger partial charge in [0, 0.05) is 38.4 Å². The van der Waals surface area contributed by atoms with Crippen molar-refractivity contribution in [3.63, 3.8) is 0 Å². The van der Waals surface area contributed by atoms with Crippen molar-refractivity contribution in [2.45, 2.75) is 32.6 Å². The Morgan fingerprint density at radius 3 is 2.25 bits per heavy atom. The second-order valence-corrected chi connectivity index (χ2v) is 10.1. The van der Waals surface area contributed by atoms with Gasteiger partial charge >= 0.3 is 0 Å². The minimum Gasteiger partial charge on any atom is -0.354 e. The molecular weight excluding hydrogens is 424 g/mol. The first-order valence-corrected chi connectivity index (χ1v) is 12.0. The molecule has 1 saturated heterocycles. The van der Waals surface area contributed by atoms with Crippen molar-refractivity contribution in [1.82, 2.24) is 19.3 Å². The lowest BCUT2D eigenvalue weighted by atomic mass is 10.2. The Hall–Kier alpha value is -3.04. The van der Waals surface area contributed by atoms with E-state index >= 15 is 0 Å². The second kappa shape index (κ2) is 8.84. The first-order valence-electron chi connectivity index (χ1n) is 10.6. The molecule has 32 heavy (non-hydrogen) atoms. The van der Waals surface area contributed by atoms with Gasteiger partial charge in [0.2, 0.25) is 10.0 Å². The zero-order chi connectivity index (χ0) is 22.9. The highest BCUT2D eigenvalue weighted by Crippen LogP contribution is 2.25. The molecule has 0 bridgehead atoms. The summed E-state index contributed by atoms with van der Waals surface area (Å²) in [6.45, 7) is 9.59. The van der Waals surface area contributed by atoms with Gasteiger partial charge in [-0.1, -0.05) is 17.7 Å². The lowest BCUT2D eigenvalue weighted by Gasteiger charge is -2.35. The predicted octanol–water partition coefficient (Wildman–Crippen LogP) is 3.36. The van der Waals surface area contributed by atoms with E-state index in [1.54, 1.807) is 16.6 Å². The Morgan fingerprint density at radius 2 is 1.56 bits per heavy atom. The third kappa shape index (κ3) is 4.73. The summed E-state index contributed by atoms with van der Waals surface area (Å²) < 4.78 is 27.9. The number of aryl methyl sites for hydroxylation is 4. The summed E-state index contributed by atoms with van der Waals surface area (Å²) in [5, 5.41) is 3.24. The molecule has 3 aromatic rings. The highest BCUT2D eigenvalue weighted by atomic mass is 32.2. The molecule has 168 valence electrons. The van der Waals surface area contributed by atoms with Crippen LogP contribution in [0.4, 0.5) is 17.5 Å². The summed E-state index contributed by atoms with van der Waals surface area (Å²) in [5.41, 5.74) is 2.93. The molecule has 0 aliphatic carbocycles. The fourth-order valence-corrected chi connectivity index (χ4v) is 5.53. The van der Waals surface area contributed by atoms with Crippen LogP contribution in [0.5, 0.6) is 0 Å². The summed E-state index contributed by atoms with van der Waals surface area (Å²) in [5.74, 6) is 2.80. The van der Waals surface area contributed by atoms with Crippen LogP contribution in [-0.2, 0) is 10.0 Å². The Morgan fingerprint density at radius 1 is 0.844 bits per heavy atom. The molecule has 1 N–H and O–H groups in total. The molecule has 0 radical (unpaired) electrons. The largest absolute Gasteiger partial charge is 0.354 e. The molecule has 2 aromatic heterocycles. The molecule has 1 aliphatic heterocycles. The summed E-state index contributed by atoms with van der Waals surface area (Å²) in [4.78, 5) is 15.8. The minimum atomic E-state index is -3.52. The number of anilines is 3. The van der Waals surface area contributed by atoms with Crippen LogP contribution in [0.1, 0.15) is 22.5 Å². The van der Waals surface area contributed by atoms with Gasteiger partial charge in [-0.15, -0.1) is 0 Å². The van der Waals surface area contributed by atoms with E-state index in [0.29, 0.717) is 42.7 Å². The summed E-state index contributed by atoms with van der Waals surface area (Å²) in [6.07, 6.45) is 1.75. The average Bonchev–Trinajstić information content (AvgIpc) is 2.73. The van der Waals surface area contributed by atoms with E-state index in [9.17, 15) is 8.42 Å². The van der Waals surface area contributed by atoms with Gasteiger partial charge in [-0.3, -0.25) is 0 Å². The quantitative estimate of drug-likeness (QED) is 0.635. The number of nitrogens with zero attached hydrogens (tertiary/aromatic N) is 5. The Balaban J connectivity index is 1.49. The van der Waals surface area contributed by atoms with Crippen LogP contribution in [0.3, 0.4) is 0 Å².